The van der Waals surface area contributed by atoms with Crippen LogP contribution in [-0.2, 0) is 6.54 Å². The first-order valence-electron chi connectivity index (χ1n) is 10.9. The summed E-state index contributed by atoms with van der Waals surface area (Å²) in [5, 5.41) is 5.14. The number of aryl methyl sites for hydroxylation is 1. The molecule has 0 bridgehead atoms. The molecule has 0 saturated heterocycles. The smallest absolute Gasteiger partial charge is 0.254 e. The Balaban J connectivity index is 1.59. The van der Waals surface area contributed by atoms with Crippen LogP contribution in [0, 0.1) is 12.3 Å². The molecular weight excluding hydrogens is 408 g/mol. The number of hydrogen-bond donors (Lipinski definition) is 0. The van der Waals surface area contributed by atoms with Crippen LogP contribution in [0.5, 0.6) is 0 Å². The summed E-state index contributed by atoms with van der Waals surface area (Å²) >= 11 is 6.46. The molecule has 31 heavy (non-hydrogen) atoms. The zero-order valence-corrected chi connectivity index (χ0v) is 19.0. The van der Waals surface area contributed by atoms with Crippen LogP contribution in [0.1, 0.15) is 65.8 Å². The molecule has 0 N–H and O–H groups in total. The molecule has 2 aliphatic rings. The van der Waals surface area contributed by atoms with E-state index in [2.05, 4.69) is 29.0 Å². The number of aromatic nitrogens is 3. The van der Waals surface area contributed by atoms with E-state index in [1.165, 1.54) is 25.7 Å². The van der Waals surface area contributed by atoms with Gasteiger partial charge in [0, 0.05) is 36.5 Å². The van der Waals surface area contributed by atoms with Gasteiger partial charge >= 0.3 is 0 Å². The summed E-state index contributed by atoms with van der Waals surface area (Å²) in [6, 6.07) is 9.55. The second-order valence-corrected chi connectivity index (χ2v) is 9.74. The number of pyridine rings is 1. The SMILES string of the molecule is Cc1cc(-c2cnn(CC3(C)CCCC3)c2)c(C2c3ccccc3C(=O)N2C)nc1Cl. The topological polar surface area (TPSA) is 51.0 Å². The Morgan fingerprint density at radius 1 is 1.19 bits per heavy atom. The van der Waals surface area contributed by atoms with Crippen LogP contribution in [0.25, 0.3) is 11.1 Å². The second-order valence-electron chi connectivity index (χ2n) is 9.38. The van der Waals surface area contributed by atoms with E-state index < -0.39 is 0 Å². The zero-order chi connectivity index (χ0) is 21.8. The maximum absolute atomic E-state index is 12.9. The van der Waals surface area contributed by atoms with Crippen molar-refractivity contribution in [3.05, 3.63) is 70.3 Å². The van der Waals surface area contributed by atoms with Crippen molar-refractivity contribution in [2.24, 2.45) is 5.41 Å². The molecule has 1 aliphatic carbocycles. The van der Waals surface area contributed by atoms with E-state index >= 15 is 0 Å². The highest BCUT2D eigenvalue weighted by Gasteiger charge is 2.37. The largest absolute Gasteiger partial charge is 0.329 e. The summed E-state index contributed by atoms with van der Waals surface area (Å²) in [7, 11) is 1.83. The summed E-state index contributed by atoms with van der Waals surface area (Å²) in [6.07, 6.45) is 9.13. The number of halogens is 1. The fourth-order valence-electron chi connectivity index (χ4n) is 5.19. The van der Waals surface area contributed by atoms with Gasteiger partial charge in [-0.3, -0.25) is 9.48 Å². The molecule has 3 aromatic rings. The fourth-order valence-corrected chi connectivity index (χ4v) is 5.33. The predicted octanol–water partition coefficient (Wildman–Crippen LogP) is 5.66. The number of carbonyl (C=O) groups is 1. The van der Waals surface area contributed by atoms with Gasteiger partial charge in [0.15, 0.2) is 0 Å². The Kier molecular flexibility index (Phi) is 4.89. The second kappa shape index (κ2) is 7.49. The molecule has 1 fully saturated rings. The average molecular weight is 435 g/mol. The van der Waals surface area contributed by atoms with Crippen LogP contribution >= 0.6 is 11.6 Å². The van der Waals surface area contributed by atoms with Crippen molar-refractivity contribution in [1.29, 1.82) is 0 Å². The van der Waals surface area contributed by atoms with E-state index in [1.807, 2.05) is 44.4 Å². The first-order chi connectivity index (χ1) is 14.9. The van der Waals surface area contributed by atoms with Gasteiger partial charge in [-0.05, 0) is 48.4 Å². The first kappa shape index (κ1) is 20.3. The summed E-state index contributed by atoms with van der Waals surface area (Å²) in [4.78, 5) is 19.4. The van der Waals surface area contributed by atoms with E-state index in [4.69, 9.17) is 16.6 Å². The number of hydrogen-bond acceptors (Lipinski definition) is 3. The van der Waals surface area contributed by atoms with E-state index in [-0.39, 0.29) is 11.9 Å². The maximum Gasteiger partial charge on any atom is 0.254 e. The van der Waals surface area contributed by atoms with Crippen molar-refractivity contribution in [3.63, 3.8) is 0 Å². The van der Waals surface area contributed by atoms with Gasteiger partial charge in [0.25, 0.3) is 5.91 Å². The molecule has 160 valence electrons. The van der Waals surface area contributed by atoms with Gasteiger partial charge in [0.2, 0.25) is 0 Å². The lowest BCUT2D eigenvalue weighted by Gasteiger charge is -2.24. The van der Waals surface area contributed by atoms with Crippen molar-refractivity contribution in [2.75, 3.05) is 7.05 Å². The number of amides is 1. The number of benzene rings is 1. The Hall–Kier alpha value is -2.66. The van der Waals surface area contributed by atoms with Crippen molar-refractivity contribution < 1.29 is 4.79 Å². The molecular formula is C25H27ClN4O. The standard InChI is InChI=1S/C25H27ClN4O/c1-16-12-20(17-13-27-30(14-17)15-25(2)10-6-7-11-25)21(28-23(16)26)22-18-8-4-5-9-19(18)24(31)29(22)3/h4-5,8-9,12-14,22H,6-7,10-11,15H2,1-3H3. The van der Waals surface area contributed by atoms with Crippen LogP contribution in [0.15, 0.2) is 42.7 Å². The monoisotopic (exact) mass is 434 g/mol. The minimum atomic E-state index is -0.271. The number of nitrogens with zero attached hydrogens (tertiary/aromatic N) is 4. The lowest BCUT2D eigenvalue weighted by Crippen LogP contribution is -2.25. The molecule has 2 aromatic heterocycles. The van der Waals surface area contributed by atoms with Gasteiger partial charge in [-0.15, -0.1) is 0 Å². The minimum Gasteiger partial charge on any atom is -0.329 e. The van der Waals surface area contributed by atoms with Gasteiger partial charge in [-0.25, -0.2) is 4.98 Å². The molecule has 1 atom stereocenters. The molecule has 5 nitrogen and oxygen atoms in total. The highest BCUT2D eigenvalue weighted by Crippen LogP contribution is 2.42. The number of fused-ring (bicyclic) bond motifs is 1. The van der Waals surface area contributed by atoms with E-state index in [1.54, 1.807) is 4.90 Å². The first-order valence-corrected chi connectivity index (χ1v) is 11.3. The normalized spacial score (nSPS) is 19.8. The summed E-state index contributed by atoms with van der Waals surface area (Å²) < 4.78 is 2.06. The Labute approximate surface area is 188 Å². The van der Waals surface area contributed by atoms with Gasteiger partial charge in [-0.1, -0.05) is 49.6 Å². The van der Waals surface area contributed by atoms with Gasteiger partial charge < -0.3 is 4.90 Å². The van der Waals surface area contributed by atoms with E-state index in [0.717, 1.165) is 40.1 Å². The van der Waals surface area contributed by atoms with Crippen molar-refractivity contribution in [1.82, 2.24) is 19.7 Å². The Bertz CT molecular complexity index is 1160. The van der Waals surface area contributed by atoms with Crippen LogP contribution < -0.4 is 0 Å². The van der Waals surface area contributed by atoms with Crippen molar-refractivity contribution in [2.45, 2.75) is 52.1 Å². The third kappa shape index (κ3) is 3.45. The molecule has 1 saturated carbocycles. The highest BCUT2D eigenvalue weighted by molar-refractivity contribution is 6.30. The molecule has 0 spiro atoms. The summed E-state index contributed by atoms with van der Waals surface area (Å²) in [6.45, 7) is 5.24. The summed E-state index contributed by atoms with van der Waals surface area (Å²) in [5.41, 5.74) is 5.70. The third-order valence-electron chi connectivity index (χ3n) is 6.93. The van der Waals surface area contributed by atoms with Crippen LogP contribution in [-0.4, -0.2) is 32.6 Å². The minimum absolute atomic E-state index is 0.00917. The van der Waals surface area contributed by atoms with Gasteiger partial charge in [0.05, 0.1) is 11.9 Å². The molecule has 5 rings (SSSR count). The van der Waals surface area contributed by atoms with Crippen LogP contribution in [0.3, 0.4) is 0 Å². The van der Waals surface area contributed by atoms with E-state index in [0.29, 0.717) is 10.6 Å². The molecule has 1 unspecified atom stereocenters. The van der Waals surface area contributed by atoms with Gasteiger partial charge in [-0.2, -0.15) is 5.10 Å². The maximum atomic E-state index is 12.9. The highest BCUT2D eigenvalue weighted by atomic mass is 35.5. The average Bonchev–Trinajstić information content (AvgIpc) is 3.44. The van der Waals surface area contributed by atoms with Crippen molar-refractivity contribution in [3.8, 4) is 11.1 Å². The van der Waals surface area contributed by atoms with Crippen LogP contribution in [0.4, 0.5) is 0 Å². The lowest BCUT2D eigenvalue weighted by atomic mass is 9.89. The molecule has 0 radical (unpaired) electrons. The lowest BCUT2D eigenvalue weighted by molar-refractivity contribution is 0.0792. The third-order valence-corrected chi connectivity index (χ3v) is 7.31. The molecule has 6 heteroatoms. The predicted molar refractivity (Wildman–Crippen MR) is 122 cm³/mol. The summed E-state index contributed by atoms with van der Waals surface area (Å²) in [5.74, 6) is 0.00917. The Morgan fingerprint density at radius 3 is 2.71 bits per heavy atom. The number of rotatable bonds is 4. The molecule has 1 amide bonds. The quantitative estimate of drug-likeness (QED) is 0.497. The molecule has 3 heterocycles. The zero-order valence-electron chi connectivity index (χ0n) is 18.2. The van der Waals surface area contributed by atoms with Gasteiger partial charge in [0.1, 0.15) is 11.2 Å². The van der Waals surface area contributed by atoms with Crippen molar-refractivity contribution >= 4 is 17.5 Å². The fraction of sp³-hybridized carbons (Fsp3) is 0.400. The molecule has 1 aromatic carbocycles. The van der Waals surface area contributed by atoms with E-state index in [9.17, 15) is 4.79 Å². The number of carbonyl (C=O) groups excluding carboxylic acids is 1. The van der Waals surface area contributed by atoms with Crippen LogP contribution in [0.2, 0.25) is 5.15 Å². The Morgan fingerprint density at radius 2 is 1.94 bits per heavy atom. The molecule has 1 aliphatic heterocycles.